The van der Waals surface area contributed by atoms with Gasteiger partial charge in [-0.3, -0.25) is 0 Å². The van der Waals surface area contributed by atoms with E-state index in [9.17, 15) is 4.79 Å². The van der Waals surface area contributed by atoms with Crippen molar-refractivity contribution in [2.45, 2.75) is 6.61 Å². The number of carbonyl (C=O) groups excluding carboxylic acids is 1. The lowest BCUT2D eigenvalue weighted by Crippen LogP contribution is -2.01. The number of carbonyl (C=O) groups is 1. The Bertz CT molecular complexity index is 510. The maximum atomic E-state index is 10.7. The van der Waals surface area contributed by atoms with Crippen molar-refractivity contribution in [2.24, 2.45) is 0 Å². The largest absolute Gasteiger partial charge is 0.527 e. The van der Waals surface area contributed by atoms with Crippen LogP contribution in [0.4, 0.5) is 4.79 Å². The Morgan fingerprint density at radius 1 is 1.12 bits per heavy atom. The minimum Gasteiger partial charge on any atom is -0.428 e. The van der Waals surface area contributed by atoms with Gasteiger partial charge in [0, 0.05) is 0 Å². The fraction of sp³-hybridized carbons (Fsp3) is 0.0833. The lowest BCUT2D eigenvalue weighted by Gasteiger charge is -2.03. The molecule has 0 saturated heterocycles. The number of benzene rings is 2. The highest BCUT2D eigenvalue weighted by Gasteiger charge is 2.03. The van der Waals surface area contributed by atoms with Gasteiger partial charge in [-0.15, -0.1) is 0 Å². The van der Waals surface area contributed by atoms with Crippen LogP contribution in [0, 0.1) is 0 Å². The standard InChI is InChI=1S/C12H9ClO3/c13-16-12(14)15-8-9-5-6-10-3-1-2-4-11(10)7-9/h1-7H,8H2. The lowest BCUT2D eigenvalue weighted by molar-refractivity contribution is 0.0963. The van der Waals surface area contributed by atoms with Crippen molar-refractivity contribution < 1.29 is 13.8 Å². The molecule has 16 heavy (non-hydrogen) atoms. The summed E-state index contributed by atoms with van der Waals surface area (Å²) in [7, 11) is 0. The van der Waals surface area contributed by atoms with Gasteiger partial charge in [-0.25, -0.2) is 4.79 Å². The molecule has 0 heterocycles. The number of fused-ring (bicyclic) bond motifs is 1. The van der Waals surface area contributed by atoms with Crippen molar-refractivity contribution >= 4 is 28.8 Å². The molecule has 0 saturated carbocycles. The first-order valence-corrected chi connectivity index (χ1v) is 5.03. The monoisotopic (exact) mass is 236 g/mol. The average Bonchev–Trinajstić information content (AvgIpc) is 2.35. The second kappa shape index (κ2) is 4.86. The summed E-state index contributed by atoms with van der Waals surface area (Å²) in [5, 5.41) is 2.24. The van der Waals surface area contributed by atoms with Crippen LogP contribution in [0.5, 0.6) is 0 Å². The van der Waals surface area contributed by atoms with Crippen LogP contribution in [0.25, 0.3) is 10.8 Å². The number of hydrogen-bond acceptors (Lipinski definition) is 3. The summed E-state index contributed by atoms with van der Waals surface area (Å²) in [6.45, 7) is 0.149. The molecule has 2 aromatic carbocycles. The Labute approximate surface area is 97.7 Å². The third-order valence-electron chi connectivity index (χ3n) is 2.23. The topological polar surface area (TPSA) is 35.5 Å². The molecular weight excluding hydrogens is 228 g/mol. The summed E-state index contributed by atoms with van der Waals surface area (Å²) >= 11 is 4.84. The quantitative estimate of drug-likeness (QED) is 0.747. The SMILES string of the molecule is O=C(OCl)OCc1ccc2ccccc2c1. The van der Waals surface area contributed by atoms with E-state index in [1.807, 2.05) is 42.5 Å². The first kappa shape index (κ1) is 10.8. The molecule has 0 aliphatic carbocycles. The van der Waals surface area contributed by atoms with Gasteiger partial charge in [-0.05, 0) is 22.4 Å². The molecule has 0 aliphatic rings. The van der Waals surface area contributed by atoms with Gasteiger partial charge in [0.2, 0.25) is 0 Å². The average molecular weight is 237 g/mol. The number of rotatable bonds is 2. The normalized spacial score (nSPS) is 10.1. The van der Waals surface area contributed by atoms with Crippen LogP contribution >= 0.6 is 11.9 Å². The summed E-state index contributed by atoms with van der Waals surface area (Å²) in [6.07, 6.45) is -0.894. The highest BCUT2D eigenvalue weighted by Crippen LogP contribution is 2.16. The summed E-state index contributed by atoms with van der Waals surface area (Å²) in [6, 6.07) is 13.8. The van der Waals surface area contributed by atoms with Gasteiger partial charge in [0.15, 0.2) is 0 Å². The molecule has 82 valence electrons. The summed E-state index contributed by atoms with van der Waals surface area (Å²) in [5.41, 5.74) is 0.890. The molecule has 0 atom stereocenters. The van der Waals surface area contributed by atoms with Gasteiger partial charge < -0.3 is 9.03 Å². The minimum atomic E-state index is -0.894. The molecule has 2 aromatic rings. The zero-order valence-corrected chi connectivity index (χ0v) is 9.11. The minimum absolute atomic E-state index is 0.149. The Kier molecular flexibility index (Phi) is 3.27. The van der Waals surface area contributed by atoms with Crippen LogP contribution in [0.3, 0.4) is 0 Å². The smallest absolute Gasteiger partial charge is 0.428 e. The first-order chi connectivity index (χ1) is 7.79. The van der Waals surface area contributed by atoms with Crippen LogP contribution in [-0.2, 0) is 15.6 Å². The number of halogens is 1. The fourth-order valence-corrected chi connectivity index (χ4v) is 1.54. The van der Waals surface area contributed by atoms with Crippen LogP contribution in [0.2, 0.25) is 0 Å². The second-order valence-electron chi connectivity index (χ2n) is 3.30. The summed E-state index contributed by atoms with van der Waals surface area (Å²) < 4.78 is 8.60. The predicted octanol–water partition coefficient (Wildman–Crippen LogP) is 3.65. The Balaban J connectivity index is 2.16. The van der Waals surface area contributed by atoms with Crippen LogP contribution < -0.4 is 0 Å². The van der Waals surface area contributed by atoms with E-state index >= 15 is 0 Å². The molecule has 0 aromatic heterocycles. The first-order valence-electron chi connectivity index (χ1n) is 4.72. The second-order valence-corrected chi connectivity index (χ2v) is 3.45. The predicted molar refractivity (Wildman–Crippen MR) is 61.1 cm³/mol. The molecule has 3 nitrogen and oxygen atoms in total. The van der Waals surface area contributed by atoms with Gasteiger partial charge in [0.1, 0.15) is 18.5 Å². The maximum Gasteiger partial charge on any atom is 0.527 e. The highest BCUT2D eigenvalue weighted by atomic mass is 35.5. The molecule has 0 spiro atoms. The van der Waals surface area contributed by atoms with E-state index in [2.05, 4.69) is 4.29 Å². The van der Waals surface area contributed by atoms with E-state index in [4.69, 9.17) is 16.6 Å². The summed E-state index contributed by atoms with van der Waals surface area (Å²) in [5.74, 6) is 0. The van der Waals surface area contributed by atoms with Crippen molar-refractivity contribution in [2.75, 3.05) is 0 Å². The van der Waals surface area contributed by atoms with E-state index in [-0.39, 0.29) is 6.61 Å². The molecule has 0 aliphatic heterocycles. The van der Waals surface area contributed by atoms with Gasteiger partial charge in [-0.2, -0.15) is 0 Å². The molecule has 4 heteroatoms. The van der Waals surface area contributed by atoms with E-state index in [1.165, 1.54) is 0 Å². The molecule has 0 radical (unpaired) electrons. The molecule has 0 unspecified atom stereocenters. The van der Waals surface area contributed by atoms with Gasteiger partial charge in [0.25, 0.3) is 0 Å². The lowest BCUT2D eigenvalue weighted by atomic mass is 10.1. The van der Waals surface area contributed by atoms with E-state index < -0.39 is 6.16 Å². The molecule has 0 N–H and O–H groups in total. The van der Waals surface area contributed by atoms with Gasteiger partial charge in [0.05, 0.1) is 0 Å². The number of hydrogen-bond donors (Lipinski definition) is 0. The zero-order chi connectivity index (χ0) is 11.4. The maximum absolute atomic E-state index is 10.7. The van der Waals surface area contributed by atoms with E-state index in [0.29, 0.717) is 0 Å². The highest BCUT2D eigenvalue weighted by molar-refractivity contribution is 6.12. The Hall–Kier alpha value is -1.74. The fourth-order valence-electron chi connectivity index (χ4n) is 1.49. The summed E-state index contributed by atoms with van der Waals surface area (Å²) in [4.78, 5) is 10.7. The third-order valence-corrected chi connectivity index (χ3v) is 2.36. The molecule has 2 rings (SSSR count). The zero-order valence-electron chi connectivity index (χ0n) is 8.35. The van der Waals surface area contributed by atoms with E-state index in [0.717, 1.165) is 16.3 Å². The van der Waals surface area contributed by atoms with Gasteiger partial charge >= 0.3 is 6.16 Å². The van der Waals surface area contributed by atoms with Crippen LogP contribution in [0.1, 0.15) is 5.56 Å². The third kappa shape index (κ3) is 2.44. The van der Waals surface area contributed by atoms with Crippen LogP contribution in [-0.4, -0.2) is 6.16 Å². The van der Waals surface area contributed by atoms with Gasteiger partial charge in [-0.1, -0.05) is 36.4 Å². The number of ether oxygens (including phenoxy) is 1. The van der Waals surface area contributed by atoms with Crippen molar-refractivity contribution in [3.63, 3.8) is 0 Å². The van der Waals surface area contributed by atoms with Crippen molar-refractivity contribution in [1.82, 2.24) is 0 Å². The molecule has 0 bridgehead atoms. The van der Waals surface area contributed by atoms with E-state index in [1.54, 1.807) is 0 Å². The Morgan fingerprint density at radius 3 is 2.62 bits per heavy atom. The van der Waals surface area contributed by atoms with Crippen molar-refractivity contribution in [1.29, 1.82) is 0 Å². The molecule has 0 fully saturated rings. The molecular formula is C12H9ClO3. The van der Waals surface area contributed by atoms with Crippen molar-refractivity contribution in [3.05, 3.63) is 48.0 Å². The Morgan fingerprint density at radius 2 is 1.88 bits per heavy atom. The van der Waals surface area contributed by atoms with Crippen molar-refractivity contribution in [3.8, 4) is 0 Å². The van der Waals surface area contributed by atoms with Crippen LogP contribution in [0.15, 0.2) is 42.5 Å². The molecule has 0 amide bonds.